The van der Waals surface area contributed by atoms with Crippen LogP contribution in [0.2, 0.25) is 0 Å². The molecule has 4 nitrogen and oxygen atoms in total. The fourth-order valence-electron chi connectivity index (χ4n) is 9.83. The second-order valence-corrected chi connectivity index (χ2v) is 14.8. The number of hydrogen-bond donors (Lipinski definition) is 1. The number of ketones is 1. The monoisotopic (exact) mass is 500 g/mol. The number of carbonyl (C=O) groups is 2. The molecule has 36 heavy (non-hydrogen) atoms. The Morgan fingerprint density at radius 2 is 1.72 bits per heavy atom. The van der Waals surface area contributed by atoms with E-state index >= 15 is 0 Å². The molecule has 0 aromatic heterocycles. The standard InChI is InChI=1S/C32H52O4/c1-19(2)11-10-12-20(3)22-13-16-31(8)28-23(34)17-25-29(5,6)26(36-21(4)33)14-15-30(25,7)27(28)24(35)18-32(22,31)9/h19-20,22-23,25-26,34H,10-18H2,1-9H3/t20-,22-,23?,25+,26?,30+,31+,32-/m1/s1. The Morgan fingerprint density at radius 1 is 1.06 bits per heavy atom. The molecule has 0 radical (unpaired) electrons. The molecule has 4 aliphatic carbocycles. The number of carbonyl (C=O) groups excluding carboxylic acids is 2. The van der Waals surface area contributed by atoms with Crippen molar-refractivity contribution >= 4 is 11.8 Å². The van der Waals surface area contributed by atoms with Gasteiger partial charge in [-0.25, -0.2) is 0 Å². The molecule has 0 heterocycles. The molecule has 4 heteroatoms. The fraction of sp³-hybridized carbons (Fsp3) is 0.875. The second kappa shape index (κ2) is 9.24. The average molecular weight is 501 g/mol. The highest BCUT2D eigenvalue weighted by Crippen LogP contribution is 2.71. The minimum Gasteiger partial charge on any atom is -0.462 e. The lowest BCUT2D eigenvalue weighted by Gasteiger charge is -2.62. The fourth-order valence-corrected chi connectivity index (χ4v) is 9.83. The molecule has 2 fully saturated rings. The summed E-state index contributed by atoms with van der Waals surface area (Å²) in [5.41, 5.74) is 1.21. The summed E-state index contributed by atoms with van der Waals surface area (Å²) in [6.07, 6.45) is 8.02. The Labute approximate surface area is 220 Å². The number of hydrogen-bond acceptors (Lipinski definition) is 4. The Kier molecular flexibility index (Phi) is 7.15. The summed E-state index contributed by atoms with van der Waals surface area (Å²) in [6, 6.07) is 0. The van der Waals surface area contributed by atoms with Crippen molar-refractivity contribution < 1.29 is 19.4 Å². The third-order valence-corrected chi connectivity index (χ3v) is 11.9. The Hall–Kier alpha value is -1.16. The molecule has 4 aliphatic rings. The quantitative estimate of drug-likeness (QED) is 0.389. The normalized spacial score (nSPS) is 42.6. The van der Waals surface area contributed by atoms with Crippen LogP contribution in [0.1, 0.15) is 120 Å². The molecule has 2 saturated carbocycles. The number of Topliss-reactive ketones (excluding diaryl/α,β-unsaturated/α-hetero) is 1. The average Bonchev–Trinajstić information content (AvgIpc) is 3.02. The van der Waals surface area contributed by atoms with E-state index in [2.05, 4.69) is 55.4 Å². The van der Waals surface area contributed by atoms with E-state index in [1.165, 1.54) is 26.2 Å². The van der Waals surface area contributed by atoms with Gasteiger partial charge in [-0.3, -0.25) is 9.59 Å². The van der Waals surface area contributed by atoms with Gasteiger partial charge in [-0.2, -0.15) is 0 Å². The van der Waals surface area contributed by atoms with Crippen LogP contribution < -0.4 is 0 Å². The van der Waals surface area contributed by atoms with E-state index in [4.69, 9.17) is 4.74 Å². The third kappa shape index (κ3) is 4.03. The minimum atomic E-state index is -0.600. The highest BCUT2D eigenvalue weighted by Gasteiger charge is 2.67. The van der Waals surface area contributed by atoms with Gasteiger partial charge in [0.05, 0.1) is 6.10 Å². The lowest BCUT2D eigenvalue weighted by Crippen LogP contribution is -2.60. The van der Waals surface area contributed by atoms with Crippen LogP contribution in [0.15, 0.2) is 11.1 Å². The van der Waals surface area contributed by atoms with E-state index < -0.39 is 6.10 Å². The molecule has 0 bridgehead atoms. The number of aliphatic hydroxyl groups is 1. The Bertz CT molecular complexity index is 930. The minimum absolute atomic E-state index is 0.0981. The highest BCUT2D eigenvalue weighted by atomic mass is 16.5. The molecule has 0 spiro atoms. The van der Waals surface area contributed by atoms with Crippen molar-refractivity contribution in [3.8, 4) is 0 Å². The number of esters is 1. The van der Waals surface area contributed by atoms with Crippen molar-refractivity contribution in [3.05, 3.63) is 11.1 Å². The number of allylic oxidation sites excluding steroid dienone is 1. The molecule has 1 N–H and O–H groups in total. The first-order valence-corrected chi connectivity index (χ1v) is 14.7. The number of ether oxygens (including phenoxy) is 1. The highest BCUT2D eigenvalue weighted by molar-refractivity contribution is 6.00. The zero-order chi connectivity index (χ0) is 26.8. The van der Waals surface area contributed by atoms with E-state index in [1.54, 1.807) is 0 Å². The summed E-state index contributed by atoms with van der Waals surface area (Å²) in [4.78, 5) is 26.0. The van der Waals surface area contributed by atoms with Crippen LogP contribution in [0.3, 0.4) is 0 Å². The zero-order valence-electron chi connectivity index (χ0n) is 24.5. The number of fused-ring (bicyclic) bond motifs is 4. The Balaban J connectivity index is 1.71. The number of aliphatic hydroxyl groups excluding tert-OH is 1. The summed E-state index contributed by atoms with van der Waals surface area (Å²) in [5.74, 6) is 1.97. The summed E-state index contributed by atoms with van der Waals surface area (Å²) < 4.78 is 5.77. The maximum atomic E-state index is 14.2. The molecular weight excluding hydrogens is 448 g/mol. The summed E-state index contributed by atoms with van der Waals surface area (Å²) in [7, 11) is 0. The molecule has 0 aliphatic heterocycles. The van der Waals surface area contributed by atoms with E-state index in [9.17, 15) is 14.7 Å². The summed E-state index contributed by atoms with van der Waals surface area (Å²) in [5, 5.41) is 11.8. The van der Waals surface area contributed by atoms with Crippen molar-refractivity contribution in [1.29, 1.82) is 0 Å². The van der Waals surface area contributed by atoms with Crippen LogP contribution >= 0.6 is 0 Å². The predicted octanol–water partition coefficient (Wildman–Crippen LogP) is 7.28. The smallest absolute Gasteiger partial charge is 0.302 e. The second-order valence-electron chi connectivity index (χ2n) is 14.8. The molecule has 0 amide bonds. The van der Waals surface area contributed by atoms with Gasteiger partial charge in [-0.1, -0.05) is 74.7 Å². The van der Waals surface area contributed by atoms with Crippen LogP contribution in [0.5, 0.6) is 0 Å². The number of rotatable bonds is 6. The summed E-state index contributed by atoms with van der Waals surface area (Å²) in [6.45, 7) is 19.8. The maximum Gasteiger partial charge on any atom is 0.302 e. The first-order chi connectivity index (χ1) is 16.6. The predicted molar refractivity (Wildman–Crippen MR) is 144 cm³/mol. The Morgan fingerprint density at radius 3 is 2.33 bits per heavy atom. The third-order valence-electron chi connectivity index (χ3n) is 11.9. The van der Waals surface area contributed by atoms with Gasteiger partial charge in [0, 0.05) is 24.3 Å². The molecule has 0 aromatic carbocycles. The molecule has 0 saturated heterocycles. The summed E-state index contributed by atoms with van der Waals surface area (Å²) >= 11 is 0. The van der Waals surface area contributed by atoms with Gasteiger partial charge < -0.3 is 9.84 Å². The lowest BCUT2D eigenvalue weighted by molar-refractivity contribution is -0.170. The molecule has 4 rings (SSSR count). The van der Waals surface area contributed by atoms with E-state index in [-0.39, 0.29) is 45.4 Å². The van der Waals surface area contributed by atoms with Gasteiger partial charge in [-0.05, 0) is 77.6 Å². The van der Waals surface area contributed by atoms with Gasteiger partial charge in [0.1, 0.15) is 6.10 Å². The molecule has 2 unspecified atom stereocenters. The largest absolute Gasteiger partial charge is 0.462 e. The van der Waals surface area contributed by atoms with Crippen molar-refractivity contribution in [1.82, 2.24) is 0 Å². The van der Waals surface area contributed by atoms with Gasteiger partial charge in [0.15, 0.2) is 5.78 Å². The van der Waals surface area contributed by atoms with Gasteiger partial charge >= 0.3 is 5.97 Å². The maximum absolute atomic E-state index is 14.2. The van der Waals surface area contributed by atoms with Crippen LogP contribution in [0.4, 0.5) is 0 Å². The van der Waals surface area contributed by atoms with Crippen LogP contribution in [-0.4, -0.2) is 29.1 Å². The van der Waals surface area contributed by atoms with E-state index in [0.717, 1.165) is 42.7 Å². The van der Waals surface area contributed by atoms with Crippen LogP contribution in [0, 0.1) is 45.3 Å². The zero-order valence-corrected chi connectivity index (χ0v) is 24.5. The van der Waals surface area contributed by atoms with E-state index in [1.807, 2.05) is 0 Å². The molecule has 204 valence electrons. The first-order valence-electron chi connectivity index (χ1n) is 14.7. The molecule has 0 aromatic rings. The lowest BCUT2D eigenvalue weighted by atomic mass is 9.42. The van der Waals surface area contributed by atoms with Crippen molar-refractivity contribution in [3.63, 3.8) is 0 Å². The van der Waals surface area contributed by atoms with Crippen LogP contribution in [-0.2, 0) is 14.3 Å². The SMILES string of the molecule is CC(=O)OC1CC[C@]2(C)C3=C(C(O)C[C@H]2C1(C)C)[C@]1(C)CC[C@H]([C@H](C)CCCC(C)C)[C@@]1(C)CC3=O. The van der Waals surface area contributed by atoms with Crippen molar-refractivity contribution in [2.24, 2.45) is 45.3 Å². The van der Waals surface area contributed by atoms with Crippen LogP contribution in [0.25, 0.3) is 0 Å². The molecular formula is C32H52O4. The van der Waals surface area contributed by atoms with Crippen molar-refractivity contribution in [2.45, 2.75) is 132 Å². The molecule has 8 atom stereocenters. The van der Waals surface area contributed by atoms with Gasteiger partial charge in [0.25, 0.3) is 0 Å². The first kappa shape index (κ1) is 27.9. The van der Waals surface area contributed by atoms with Gasteiger partial charge in [-0.15, -0.1) is 0 Å². The van der Waals surface area contributed by atoms with Gasteiger partial charge in [0.2, 0.25) is 0 Å². The van der Waals surface area contributed by atoms with E-state index in [0.29, 0.717) is 24.7 Å². The van der Waals surface area contributed by atoms with Crippen molar-refractivity contribution in [2.75, 3.05) is 0 Å². The topological polar surface area (TPSA) is 63.6 Å².